The molecule has 20 heavy (non-hydrogen) atoms. The van der Waals surface area contributed by atoms with E-state index in [-0.39, 0.29) is 5.96 Å². The van der Waals surface area contributed by atoms with Crippen molar-refractivity contribution in [2.75, 3.05) is 13.1 Å². The summed E-state index contributed by atoms with van der Waals surface area (Å²) in [5, 5.41) is 7.43. The van der Waals surface area contributed by atoms with Crippen LogP contribution in [0.1, 0.15) is 37.8 Å². The van der Waals surface area contributed by atoms with Gasteiger partial charge in [-0.05, 0) is 43.1 Å². The van der Waals surface area contributed by atoms with Crippen molar-refractivity contribution in [1.29, 1.82) is 0 Å². The van der Waals surface area contributed by atoms with Crippen LogP contribution in [0.3, 0.4) is 0 Å². The van der Waals surface area contributed by atoms with Crippen molar-refractivity contribution < 1.29 is 0 Å². The highest BCUT2D eigenvalue weighted by Crippen LogP contribution is 2.08. The molecule has 0 bridgehead atoms. The lowest BCUT2D eigenvalue weighted by atomic mass is 10.1. The first-order chi connectivity index (χ1) is 9.65. The summed E-state index contributed by atoms with van der Waals surface area (Å²) in [6, 6.07) is 8.27. The molecule has 0 aliphatic rings. The zero-order chi connectivity index (χ0) is 14.8. The summed E-state index contributed by atoms with van der Waals surface area (Å²) in [6.45, 7) is 7.63. The molecule has 0 heterocycles. The molecule has 0 aromatic heterocycles. The third-order valence-corrected chi connectivity index (χ3v) is 2.82. The molecule has 5 nitrogen and oxygen atoms in total. The van der Waals surface area contributed by atoms with Gasteiger partial charge in [0.2, 0.25) is 5.96 Å². The topological polar surface area (TPSA) is 80.0 Å². The summed E-state index contributed by atoms with van der Waals surface area (Å²) >= 11 is 0. The fraction of sp³-hybridized carbons (Fsp3) is 0.467. The van der Waals surface area contributed by atoms with Crippen molar-refractivity contribution in [3.05, 3.63) is 35.4 Å². The maximum absolute atomic E-state index is 5.23. The molecule has 0 radical (unpaired) electrons. The van der Waals surface area contributed by atoms with E-state index in [1.54, 1.807) is 6.21 Å². The van der Waals surface area contributed by atoms with Crippen molar-refractivity contribution in [3.8, 4) is 0 Å². The van der Waals surface area contributed by atoms with Crippen molar-refractivity contribution in [1.82, 2.24) is 4.90 Å². The van der Waals surface area contributed by atoms with Gasteiger partial charge in [-0.25, -0.2) is 0 Å². The van der Waals surface area contributed by atoms with Gasteiger partial charge < -0.3 is 11.5 Å². The smallest absolute Gasteiger partial charge is 0.211 e. The molecule has 5 heteroatoms. The van der Waals surface area contributed by atoms with Gasteiger partial charge >= 0.3 is 0 Å². The highest BCUT2D eigenvalue weighted by atomic mass is 15.3. The third kappa shape index (κ3) is 6.33. The molecule has 0 saturated carbocycles. The lowest BCUT2D eigenvalue weighted by molar-refractivity contribution is 0.266. The number of hydrogen-bond acceptors (Lipinski definition) is 3. The van der Waals surface area contributed by atoms with Crippen LogP contribution in [-0.4, -0.2) is 30.2 Å². The second kappa shape index (κ2) is 9.09. The van der Waals surface area contributed by atoms with Crippen LogP contribution in [0.15, 0.2) is 34.5 Å². The molecule has 0 saturated heterocycles. The summed E-state index contributed by atoms with van der Waals surface area (Å²) in [4.78, 5) is 2.46. The van der Waals surface area contributed by atoms with Gasteiger partial charge in [-0.3, -0.25) is 4.90 Å². The zero-order valence-corrected chi connectivity index (χ0v) is 12.4. The van der Waals surface area contributed by atoms with E-state index in [1.807, 2.05) is 12.1 Å². The minimum atomic E-state index is -0.0329. The Bertz CT molecular complexity index is 443. The number of benzene rings is 1. The highest BCUT2D eigenvalue weighted by molar-refractivity contribution is 5.81. The molecule has 110 valence electrons. The van der Waals surface area contributed by atoms with Crippen LogP contribution in [0.5, 0.6) is 0 Å². The quantitative estimate of drug-likeness (QED) is 0.432. The largest absolute Gasteiger partial charge is 0.369 e. The Morgan fingerprint density at radius 1 is 1.20 bits per heavy atom. The number of nitrogens with zero attached hydrogens (tertiary/aromatic N) is 3. The van der Waals surface area contributed by atoms with Crippen molar-refractivity contribution in [3.63, 3.8) is 0 Å². The number of rotatable bonds is 8. The van der Waals surface area contributed by atoms with E-state index < -0.39 is 0 Å². The molecule has 0 atom stereocenters. The van der Waals surface area contributed by atoms with Gasteiger partial charge in [0.15, 0.2) is 0 Å². The summed E-state index contributed by atoms with van der Waals surface area (Å²) in [7, 11) is 0. The molecule has 1 aromatic carbocycles. The fourth-order valence-electron chi connectivity index (χ4n) is 2.09. The average molecular weight is 275 g/mol. The van der Waals surface area contributed by atoms with Crippen molar-refractivity contribution >= 4 is 12.2 Å². The normalized spacial score (nSPS) is 11.2. The number of hydrogen-bond donors (Lipinski definition) is 2. The second-order valence-corrected chi connectivity index (χ2v) is 4.79. The minimum absolute atomic E-state index is 0.0329. The number of guanidine groups is 1. The Balaban J connectivity index is 2.71. The minimum Gasteiger partial charge on any atom is -0.369 e. The van der Waals surface area contributed by atoms with Gasteiger partial charge in [-0.15, -0.1) is 5.10 Å². The van der Waals surface area contributed by atoms with Gasteiger partial charge in [0.05, 0.1) is 6.21 Å². The van der Waals surface area contributed by atoms with E-state index in [0.717, 1.165) is 25.2 Å². The van der Waals surface area contributed by atoms with E-state index in [4.69, 9.17) is 11.5 Å². The first kappa shape index (κ1) is 16.2. The Hall–Kier alpha value is -1.88. The molecule has 0 aliphatic carbocycles. The van der Waals surface area contributed by atoms with Crippen LogP contribution < -0.4 is 11.5 Å². The van der Waals surface area contributed by atoms with Gasteiger partial charge in [0.1, 0.15) is 0 Å². The summed E-state index contributed by atoms with van der Waals surface area (Å²) in [5.74, 6) is -0.0329. The van der Waals surface area contributed by atoms with Gasteiger partial charge in [-0.1, -0.05) is 32.0 Å². The molecular formula is C15H25N5. The first-order valence-corrected chi connectivity index (χ1v) is 7.09. The van der Waals surface area contributed by atoms with Crippen LogP contribution >= 0.6 is 0 Å². The second-order valence-electron chi connectivity index (χ2n) is 4.79. The summed E-state index contributed by atoms with van der Waals surface area (Å²) in [6.07, 6.45) is 4.00. The van der Waals surface area contributed by atoms with E-state index in [1.165, 1.54) is 18.4 Å². The van der Waals surface area contributed by atoms with Crippen LogP contribution in [0.2, 0.25) is 0 Å². The van der Waals surface area contributed by atoms with E-state index in [9.17, 15) is 0 Å². The van der Waals surface area contributed by atoms with Crippen LogP contribution in [0, 0.1) is 0 Å². The standard InChI is InChI=1S/C15H25N5/c1-3-8-20(9-4-2)12-14-7-5-6-13(10-14)11-18-19-15(16)17/h5-7,10-11H,3-4,8-9,12H2,1-2H3,(H4,16,17,19). The molecular weight excluding hydrogens is 250 g/mol. The van der Waals surface area contributed by atoms with Crippen LogP contribution in [0.4, 0.5) is 0 Å². The third-order valence-electron chi connectivity index (χ3n) is 2.82. The van der Waals surface area contributed by atoms with Gasteiger partial charge in [0, 0.05) is 6.54 Å². The zero-order valence-electron chi connectivity index (χ0n) is 12.4. The average Bonchev–Trinajstić information content (AvgIpc) is 2.39. The van der Waals surface area contributed by atoms with Crippen molar-refractivity contribution in [2.45, 2.75) is 33.2 Å². The Kier molecular flexibility index (Phi) is 7.35. The summed E-state index contributed by atoms with van der Waals surface area (Å²) < 4.78 is 0. The van der Waals surface area contributed by atoms with E-state index in [0.29, 0.717) is 0 Å². The lowest BCUT2D eigenvalue weighted by Gasteiger charge is -2.21. The Morgan fingerprint density at radius 3 is 2.50 bits per heavy atom. The Labute approximate surface area is 121 Å². The lowest BCUT2D eigenvalue weighted by Crippen LogP contribution is -2.24. The molecule has 0 spiro atoms. The monoisotopic (exact) mass is 275 g/mol. The number of nitrogens with two attached hydrogens (primary N) is 2. The highest BCUT2D eigenvalue weighted by Gasteiger charge is 2.04. The molecule has 0 unspecified atom stereocenters. The van der Waals surface area contributed by atoms with Crippen LogP contribution in [0.25, 0.3) is 0 Å². The molecule has 1 rings (SSSR count). The van der Waals surface area contributed by atoms with E-state index in [2.05, 4.69) is 41.1 Å². The predicted molar refractivity (Wildman–Crippen MR) is 85.7 cm³/mol. The fourth-order valence-corrected chi connectivity index (χ4v) is 2.09. The van der Waals surface area contributed by atoms with Crippen LogP contribution in [-0.2, 0) is 6.54 Å². The molecule has 0 aliphatic heterocycles. The van der Waals surface area contributed by atoms with Gasteiger partial charge in [-0.2, -0.15) is 5.10 Å². The summed E-state index contributed by atoms with van der Waals surface area (Å²) in [5.41, 5.74) is 12.7. The SMILES string of the molecule is CCCN(CCC)Cc1cccc(C=NN=C(N)N)c1. The van der Waals surface area contributed by atoms with E-state index >= 15 is 0 Å². The molecule has 0 fully saturated rings. The molecule has 1 aromatic rings. The first-order valence-electron chi connectivity index (χ1n) is 7.09. The maximum atomic E-state index is 5.23. The van der Waals surface area contributed by atoms with Gasteiger partial charge in [0.25, 0.3) is 0 Å². The maximum Gasteiger partial charge on any atom is 0.211 e. The molecule has 0 amide bonds. The molecule has 4 N–H and O–H groups in total. The Morgan fingerprint density at radius 2 is 1.90 bits per heavy atom. The predicted octanol–water partition coefficient (Wildman–Crippen LogP) is 1.92. The van der Waals surface area contributed by atoms with Crippen molar-refractivity contribution in [2.24, 2.45) is 21.7 Å².